The van der Waals surface area contributed by atoms with Gasteiger partial charge >= 0.3 is 0 Å². The van der Waals surface area contributed by atoms with E-state index in [2.05, 4.69) is 5.32 Å². The maximum Gasteiger partial charge on any atom is 0.264 e. The van der Waals surface area contributed by atoms with Crippen molar-refractivity contribution < 1.29 is 22.7 Å². The van der Waals surface area contributed by atoms with Gasteiger partial charge < -0.3 is 15.0 Å². The molecule has 0 bridgehead atoms. The molecule has 0 aliphatic heterocycles. The molecular weight excluding hydrogens is 514 g/mol. The first-order chi connectivity index (χ1) is 18.3. The number of carbonyl (C=O) groups is 2. The summed E-state index contributed by atoms with van der Waals surface area (Å²) < 4.78 is 34.0. The van der Waals surface area contributed by atoms with Gasteiger partial charge in [-0.25, -0.2) is 8.42 Å². The Morgan fingerprint density at radius 3 is 2.23 bits per heavy atom. The molecule has 0 saturated carbocycles. The van der Waals surface area contributed by atoms with E-state index in [4.69, 9.17) is 4.74 Å². The van der Waals surface area contributed by atoms with E-state index in [0.29, 0.717) is 11.4 Å². The SMILES string of the molecule is COc1cccc(CN(C(=O)CN(c2cccc(C)c2)S(=O)(=O)c2ccccc2)[C@H](C)C(=O)NC(C)(C)C)c1. The molecule has 0 aromatic heterocycles. The first kappa shape index (κ1) is 29.7. The minimum Gasteiger partial charge on any atom is -0.497 e. The molecule has 2 amide bonds. The van der Waals surface area contributed by atoms with Crippen molar-refractivity contribution in [2.24, 2.45) is 0 Å². The van der Waals surface area contributed by atoms with Crippen LogP contribution in [0, 0.1) is 6.92 Å². The van der Waals surface area contributed by atoms with Gasteiger partial charge in [0.2, 0.25) is 11.8 Å². The fourth-order valence-corrected chi connectivity index (χ4v) is 5.48. The fourth-order valence-electron chi connectivity index (χ4n) is 4.06. The summed E-state index contributed by atoms with van der Waals surface area (Å²) in [7, 11) is -2.54. The maximum absolute atomic E-state index is 14.0. The molecule has 0 heterocycles. The van der Waals surface area contributed by atoms with Gasteiger partial charge in [0.25, 0.3) is 10.0 Å². The first-order valence-corrected chi connectivity index (χ1v) is 14.1. The maximum atomic E-state index is 14.0. The molecule has 3 aromatic carbocycles. The highest BCUT2D eigenvalue weighted by Crippen LogP contribution is 2.25. The Hall–Kier alpha value is -3.85. The molecule has 9 heteroatoms. The summed E-state index contributed by atoms with van der Waals surface area (Å²) in [5.74, 6) is -0.248. The lowest BCUT2D eigenvalue weighted by Crippen LogP contribution is -2.54. The molecule has 8 nitrogen and oxygen atoms in total. The molecule has 0 fully saturated rings. The zero-order valence-electron chi connectivity index (χ0n) is 23.3. The van der Waals surface area contributed by atoms with Crippen LogP contribution in [-0.4, -0.2) is 50.4 Å². The average Bonchev–Trinajstić information content (AvgIpc) is 2.89. The lowest BCUT2D eigenvalue weighted by Gasteiger charge is -2.33. The number of nitrogens with zero attached hydrogens (tertiary/aromatic N) is 2. The number of amides is 2. The largest absolute Gasteiger partial charge is 0.497 e. The van der Waals surface area contributed by atoms with Crippen molar-refractivity contribution in [1.82, 2.24) is 10.2 Å². The van der Waals surface area contributed by atoms with Crippen molar-refractivity contribution in [3.63, 3.8) is 0 Å². The topological polar surface area (TPSA) is 96.0 Å². The van der Waals surface area contributed by atoms with Gasteiger partial charge in [-0.3, -0.25) is 13.9 Å². The zero-order valence-corrected chi connectivity index (χ0v) is 24.2. The number of aryl methyl sites for hydroxylation is 1. The molecule has 0 unspecified atom stereocenters. The third-order valence-corrected chi connectivity index (χ3v) is 7.84. The number of benzene rings is 3. The van der Waals surface area contributed by atoms with Gasteiger partial charge in [0.05, 0.1) is 17.7 Å². The third-order valence-electron chi connectivity index (χ3n) is 6.05. The van der Waals surface area contributed by atoms with Crippen LogP contribution in [0.15, 0.2) is 83.8 Å². The van der Waals surface area contributed by atoms with Crippen LogP contribution in [-0.2, 0) is 26.2 Å². The number of methoxy groups -OCH3 is 1. The van der Waals surface area contributed by atoms with E-state index in [9.17, 15) is 18.0 Å². The minimum absolute atomic E-state index is 0.0668. The van der Waals surface area contributed by atoms with Crippen molar-refractivity contribution in [2.45, 2.75) is 57.6 Å². The van der Waals surface area contributed by atoms with E-state index in [1.165, 1.54) is 17.0 Å². The van der Waals surface area contributed by atoms with Crippen LogP contribution in [0.1, 0.15) is 38.8 Å². The minimum atomic E-state index is -4.09. The number of nitrogens with one attached hydrogen (secondary N) is 1. The summed E-state index contributed by atoms with van der Waals surface area (Å²) in [6, 6.07) is 21.3. The molecule has 0 spiro atoms. The Kier molecular flexibility index (Phi) is 9.40. The number of hydrogen-bond donors (Lipinski definition) is 1. The number of sulfonamides is 1. The number of ether oxygens (including phenoxy) is 1. The van der Waals surface area contributed by atoms with Crippen molar-refractivity contribution >= 4 is 27.5 Å². The van der Waals surface area contributed by atoms with Crippen LogP contribution in [0.5, 0.6) is 5.75 Å². The summed E-state index contributed by atoms with van der Waals surface area (Å²) in [5, 5.41) is 2.92. The van der Waals surface area contributed by atoms with Crippen molar-refractivity contribution in [3.05, 3.63) is 90.0 Å². The van der Waals surface area contributed by atoms with Gasteiger partial charge in [-0.05, 0) is 82.1 Å². The standard InChI is InChI=1S/C30H37N3O5S/c1-22-12-10-14-25(18-22)33(39(36,37)27-16-8-7-9-17-27)21-28(34)32(23(2)29(35)31-30(3,4)5)20-24-13-11-15-26(19-24)38-6/h7-19,23H,20-21H2,1-6H3,(H,31,35)/t23-/m1/s1. The molecule has 3 rings (SSSR count). The van der Waals surface area contributed by atoms with E-state index in [1.807, 2.05) is 39.8 Å². The van der Waals surface area contributed by atoms with Gasteiger partial charge in [0, 0.05) is 12.1 Å². The van der Waals surface area contributed by atoms with Crippen molar-refractivity contribution in [1.29, 1.82) is 0 Å². The predicted molar refractivity (Wildman–Crippen MR) is 153 cm³/mol. The second-order valence-electron chi connectivity index (χ2n) is 10.5. The predicted octanol–water partition coefficient (Wildman–Crippen LogP) is 4.53. The van der Waals surface area contributed by atoms with Crippen LogP contribution < -0.4 is 14.4 Å². The molecule has 208 valence electrons. The Bertz CT molecular complexity index is 1400. The molecule has 0 aliphatic carbocycles. The zero-order chi connectivity index (χ0) is 28.8. The molecule has 0 aliphatic rings. The Balaban J connectivity index is 2.04. The molecule has 1 atom stereocenters. The molecule has 0 saturated heterocycles. The number of rotatable bonds is 10. The Morgan fingerprint density at radius 2 is 1.62 bits per heavy atom. The van der Waals surface area contributed by atoms with Crippen LogP contribution >= 0.6 is 0 Å². The van der Waals surface area contributed by atoms with Gasteiger partial charge in [0.1, 0.15) is 18.3 Å². The van der Waals surface area contributed by atoms with Gasteiger partial charge in [0.15, 0.2) is 0 Å². The highest BCUT2D eigenvalue weighted by molar-refractivity contribution is 7.92. The summed E-state index contributed by atoms with van der Waals surface area (Å²) in [6.45, 7) is 8.67. The van der Waals surface area contributed by atoms with Crippen molar-refractivity contribution in [3.8, 4) is 5.75 Å². The number of hydrogen-bond acceptors (Lipinski definition) is 5. The molecule has 3 aromatic rings. The normalized spacial score (nSPS) is 12.4. The quantitative estimate of drug-likeness (QED) is 0.399. The van der Waals surface area contributed by atoms with E-state index < -0.39 is 34.1 Å². The lowest BCUT2D eigenvalue weighted by atomic mass is 10.1. The van der Waals surface area contributed by atoms with E-state index in [-0.39, 0.29) is 17.3 Å². The number of carbonyl (C=O) groups excluding carboxylic acids is 2. The van der Waals surface area contributed by atoms with Gasteiger partial charge in [-0.15, -0.1) is 0 Å². The van der Waals surface area contributed by atoms with E-state index >= 15 is 0 Å². The van der Waals surface area contributed by atoms with Gasteiger partial charge in [-0.2, -0.15) is 0 Å². The molecule has 39 heavy (non-hydrogen) atoms. The summed E-state index contributed by atoms with van der Waals surface area (Å²) in [6.07, 6.45) is 0. The second kappa shape index (κ2) is 12.3. The Morgan fingerprint density at radius 1 is 0.949 bits per heavy atom. The van der Waals surface area contributed by atoms with E-state index in [1.54, 1.807) is 68.6 Å². The summed E-state index contributed by atoms with van der Waals surface area (Å²) >= 11 is 0. The second-order valence-corrected chi connectivity index (χ2v) is 12.3. The fraction of sp³-hybridized carbons (Fsp3) is 0.333. The lowest BCUT2D eigenvalue weighted by molar-refractivity contribution is -0.140. The van der Waals surface area contributed by atoms with Crippen molar-refractivity contribution in [2.75, 3.05) is 18.0 Å². The van der Waals surface area contributed by atoms with Crippen LogP contribution in [0.4, 0.5) is 5.69 Å². The summed E-state index contributed by atoms with van der Waals surface area (Å²) in [5.41, 5.74) is 1.44. The monoisotopic (exact) mass is 551 g/mol. The smallest absolute Gasteiger partial charge is 0.264 e. The Labute approximate surface area is 231 Å². The van der Waals surface area contributed by atoms with Crippen LogP contribution in [0.2, 0.25) is 0 Å². The molecule has 0 radical (unpaired) electrons. The highest BCUT2D eigenvalue weighted by Gasteiger charge is 2.33. The first-order valence-electron chi connectivity index (χ1n) is 12.7. The highest BCUT2D eigenvalue weighted by atomic mass is 32.2. The van der Waals surface area contributed by atoms with Crippen LogP contribution in [0.3, 0.4) is 0 Å². The molecule has 1 N–H and O–H groups in total. The van der Waals surface area contributed by atoms with Crippen LogP contribution in [0.25, 0.3) is 0 Å². The third kappa shape index (κ3) is 7.83. The summed E-state index contributed by atoms with van der Waals surface area (Å²) in [4.78, 5) is 28.6. The number of anilines is 1. The van der Waals surface area contributed by atoms with E-state index in [0.717, 1.165) is 15.4 Å². The average molecular weight is 552 g/mol. The van der Waals surface area contributed by atoms with Gasteiger partial charge in [-0.1, -0.05) is 42.5 Å². The molecular formula is C30H37N3O5S.